The molecule has 4 heteroatoms. The molecule has 0 aliphatic rings. The summed E-state index contributed by atoms with van der Waals surface area (Å²) < 4.78 is 6.59. The average Bonchev–Trinajstić information content (AvgIpc) is 2.08. The van der Waals surface area contributed by atoms with Gasteiger partial charge in [-0.3, -0.25) is 0 Å². The lowest BCUT2D eigenvalue weighted by atomic mass is 10.3. The zero-order chi connectivity index (χ0) is 9.68. The van der Waals surface area contributed by atoms with E-state index in [1.165, 1.54) is 0 Å². The van der Waals surface area contributed by atoms with E-state index in [-0.39, 0.29) is 23.1 Å². The highest BCUT2D eigenvalue weighted by atomic mass is 79.9. The number of ether oxygens (including phenoxy) is 1. The third-order valence-electron chi connectivity index (χ3n) is 1.62. The molecule has 0 saturated heterocycles. The Morgan fingerprint density at radius 3 is 2.29 bits per heavy atom. The Balaban J connectivity index is 0.00000169. The van der Waals surface area contributed by atoms with Crippen LogP contribution in [-0.2, 0) is 0 Å². The molecule has 0 aliphatic carbocycles. The van der Waals surface area contributed by atoms with Gasteiger partial charge in [-0.25, -0.2) is 0 Å². The summed E-state index contributed by atoms with van der Waals surface area (Å²) in [7, 11) is 4.07. The Labute approximate surface area is 110 Å². The van der Waals surface area contributed by atoms with Crippen LogP contribution in [0.1, 0.15) is 0 Å². The molecule has 0 atom stereocenters. The van der Waals surface area contributed by atoms with E-state index in [1.807, 2.05) is 38.4 Å². The molecule has 2 nitrogen and oxygen atoms in total. The fraction of sp³-hybridized carbons (Fsp3) is 0.400. The second kappa shape index (κ2) is 7.51. The fourth-order valence-corrected chi connectivity index (χ4v) is 1.14. The van der Waals surface area contributed by atoms with E-state index in [9.17, 15) is 0 Å². The van der Waals surface area contributed by atoms with E-state index in [1.54, 1.807) is 0 Å². The first-order valence-corrected chi connectivity index (χ1v) is 5.01. The van der Waals surface area contributed by atoms with Crippen LogP contribution in [0.5, 0.6) is 5.75 Å². The van der Waals surface area contributed by atoms with Gasteiger partial charge in [0, 0.05) is 34.1 Å². The maximum atomic E-state index is 5.51. The van der Waals surface area contributed by atoms with Crippen LogP contribution >= 0.6 is 15.9 Å². The van der Waals surface area contributed by atoms with E-state index < -0.39 is 0 Å². The quantitative estimate of drug-likeness (QED) is 0.775. The number of rotatable bonds is 4. The first-order chi connectivity index (χ1) is 6.18. The Morgan fingerprint density at radius 2 is 1.79 bits per heavy atom. The number of nitrogens with zero attached hydrogens (tertiary/aromatic N) is 1. The molecule has 0 fully saturated rings. The molecule has 14 heavy (non-hydrogen) atoms. The molecule has 0 saturated carbocycles. The molecular weight excluding hydrogens is 254 g/mol. The summed E-state index contributed by atoms with van der Waals surface area (Å²) in [5.41, 5.74) is 0. The SMILES string of the molecule is CN(C)CCOc1ccc(Br)cc1.[Mg]. The number of likely N-dealkylation sites (N-methyl/N-ethyl adjacent to an activating group) is 1. The lowest BCUT2D eigenvalue weighted by Crippen LogP contribution is -2.19. The van der Waals surface area contributed by atoms with Gasteiger partial charge in [-0.05, 0) is 38.4 Å². The zero-order valence-corrected chi connectivity index (χ0v) is 11.7. The van der Waals surface area contributed by atoms with Crippen molar-refractivity contribution in [2.45, 2.75) is 0 Å². The minimum Gasteiger partial charge on any atom is -0.492 e. The number of hydrogen-bond donors (Lipinski definition) is 0. The molecule has 0 aliphatic heterocycles. The van der Waals surface area contributed by atoms with Crippen molar-refractivity contribution in [3.63, 3.8) is 0 Å². The molecule has 0 heterocycles. The van der Waals surface area contributed by atoms with Gasteiger partial charge in [-0.1, -0.05) is 15.9 Å². The molecular formula is C10H14BrMgNO. The summed E-state index contributed by atoms with van der Waals surface area (Å²) >= 11 is 3.37. The predicted molar refractivity (Wildman–Crippen MR) is 63.9 cm³/mol. The summed E-state index contributed by atoms with van der Waals surface area (Å²) in [5.74, 6) is 0.921. The summed E-state index contributed by atoms with van der Waals surface area (Å²) in [6.45, 7) is 1.67. The first-order valence-electron chi connectivity index (χ1n) is 4.21. The van der Waals surface area contributed by atoms with E-state index in [2.05, 4.69) is 20.8 Å². The molecule has 0 unspecified atom stereocenters. The van der Waals surface area contributed by atoms with E-state index in [0.29, 0.717) is 0 Å². The fourth-order valence-electron chi connectivity index (χ4n) is 0.877. The van der Waals surface area contributed by atoms with Crippen LogP contribution < -0.4 is 4.74 Å². The number of hydrogen-bond acceptors (Lipinski definition) is 2. The highest BCUT2D eigenvalue weighted by Gasteiger charge is 1.94. The highest BCUT2D eigenvalue weighted by Crippen LogP contribution is 2.15. The van der Waals surface area contributed by atoms with Crippen LogP contribution in [0.2, 0.25) is 0 Å². The van der Waals surface area contributed by atoms with Gasteiger partial charge in [0.1, 0.15) is 12.4 Å². The molecule has 0 N–H and O–H groups in total. The van der Waals surface area contributed by atoms with Gasteiger partial charge in [-0.2, -0.15) is 0 Å². The van der Waals surface area contributed by atoms with Crippen molar-refractivity contribution in [2.24, 2.45) is 0 Å². The molecule has 0 spiro atoms. The van der Waals surface area contributed by atoms with Crippen LogP contribution in [0.3, 0.4) is 0 Å². The van der Waals surface area contributed by atoms with Gasteiger partial charge >= 0.3 is 0 Å². The van der Waals surface area contributed by atoms with Crippen LogP contribution in [0.25, 0.3) is 0 Å². The monoisotopic (exact) mass is 267 g/mol. The van der Waals surface area contributed by atoms with Gasteiger partial charge in [0.25, 0.3) is 0 Å². The van der Waals surface area contributed by atoms with Gasteiger partial charge in [0.05, 0.1) is 0 Å². The second-order valence-electron chi connectivity index (χ2n) is 3.11. The maximum Gasteiger partial charge on any atom is 0.119 e. The van der Waals surface area contributed by atoms with E-state index in [0.717, 1.165) is 23.4 Å². The maximum absolute atomic E-state index is 5.51. The van der Waals surface area contributed by atoms with E-state index in [4.69, 9.17) is 4.74 Å². The minimum atomic E-state index is 0. The summed E-state index contributed by atoms with van der Waals surface area (Å²) in [5, 5.41) is 0. The molecule has 74 valence electrons. The van der Waals surface area contributed by atoms with Crippen molar-refractivity contribution >= 4 is 39.0 Å². The Kier molecular flexibility index (Phi) is 7.63. The summed E-state index contributed by atoms with van der Waals surface area (Å²) in [6.07, 6.45) is 0. The largest absolute Gasteiger partial charge is 0.492 e. The molecule has 2 radical (unpaired) electrons. The Morgan fingerprint density at radius 1 is 1.21 bits per heavy atom. The molecule has 0 bridgehead atoms. The molecule has 1 aromatic rings. The predicted octanol–water partition coefficient (Wildman–Crippen LogP) is 2.01. The summed E-state index contributed by atoms with van der Waals surface area (Å²) in [4.78, 5) is 2.10. The van der Waals surface area contributed by atoms with Crippen LogP contribution in [-0.4, -0.2) is 55.2 Å². The minimum absolute atomic E-state index is 0. The van der Waals surface area contributed by atoms with E-state index >= 15 is 0 Å². The molecule has 0 aromatic heterocycles. The number of benzene rings is 1. The van der Waals surface area contributed by atoms with Crippen molar-refractivity contribution in [2.75, 3.05) is 27.2 Å². The topological polar surface area (TPSA) is 12.5 Å². The molecule has 0 amide bonds. The van der Waals surface area contributed by atoms with Gasteiger partial charge < -0.3 is 9.64 Å². The third-order valence-corrected chi connectivity index (χ3v) is 2.15. The summed E-state index contributed by atoms with van der Waals surface area (Å²) in [6, 6.07) is 7.87. The van der Waals surface area contributed by atoms with Crippen LogP contribution in [0.4, 0.5) is 0 Å². The lowest BCUT2D eigenvalue weighted by molar-refractivity contribution is 0.261. The van der Waals surface area contributed by atoms with Crippen LogP contribution in [0.15, 0.2) is 28.7 Å². The molecule has 1 aromatic carbocycles. The van der Waals surface area contributed by atoms with Crippen LogP contribution in [0, 0.1) is 0 Å². The van der Waals surface area contributed by atoms with Crippen molar-refractivity contribution < 1.29 is 4.74 Å². The smallest absolute Gasteiger partial charge is 0.119 e. The average molecular weight is 268 g/mol. The second-order valence-corrected chi connectivity index (χ2v) is 4.02. The van der Waals surface area contributed by atoms with Crippen molar-refractivity contribution in [1.29, 1.82) is 0 Å². The van der Waals surface area contributed by atoms with Crippen molar-refractivity contribution in [1.82, 2.24) is 4.90 Å². The standard InChI is InChI=1S/C10H14BrNO.Mg/c1-12(2)7-8-13-10-5-3-9(11)4-6-10;/h3-6H,7-8H2,1-2H3;. The van der Waals surface area contributed by atoms with Crippen molar-refractivity contribution in [3.05, 3.63) is 28.7 Å². The van der Waals surface area contributed by atoms with Crippen molar-refractivity contribution in [3.8, 4) is 5.75 Å². The lowest BCUT2D eigenvalue weighted by Gasteiger charge is -2.10. The normalized spacial score (nSPS) is 9.71. The third kappa shape index (κ3) is 5.85. The first kappa shape index (κ1) is 14.2. The van der Waals surface area contributed by atoms with Gasteiger partial charge in [0.15, 0.2) is 0 Å². The van der Waals surface area contributed by atoms with Gasteiger partial charge in [0.2, 0.25) is 0 Å². The zero-order valence-electron chi connectivity index (χ0n) is 8.66. The number of halogens is 1. The highest BCUT2D eigenvalue weighted by molar-refractivity contribution is 9.10. The Hall–Kier alpha value is 0.226. The molecule has 1 rings (SSSR count). The van der Waals surface area contributed by atoms with Gasteiger partial charge in [-0.15, -0.1) is 0 Å². The Bertz CT molecular complexity index is 251.